The zero-order chi connectivity index (χ0) is 35.4. The van der Waals surface area contributed by atoms with E-state index in [1.54, 1.807) is 24.3 Å². The molecule has 1 aromatic carbocycles. The van der Waals surface area contributed by atoms with Crippen molar-refractivity contribution in [2.75, 3.05) is 24.7 Å². The van der Waals surface area contributed by atoms with E-state index in [0.717, 1.165) is 12.5 Å². The first kappa shape index (κ1) is 43.5. The van der Waals surface area contributed by atoms with Gasteiger partial charge in [-0.25, -0.2) is 9.18 Å². The van der Waals surface area contributed by atoms with Crippen molar-refractivity contribution in [2.45, 2.75) is 62.0 Å². The number of para-hydroxylation sites is 1. The molecule has 0 saturated carbocycles. The molecule has 44 heavy (non-hydrogen) atoms. The minimum atomic E-state index is -6.64. The first-order chi connectivity index (χ1) is 19.5. The summed E-state index contributed by atoms with van der Waals surface area (Å²) in [5, 5.41) is 0. The van der Waals surface area contributed by atoms with Crippen LogP contribution in [0.4, 0.5) is 85.3 Å². The number of hydrogen-bond donors (Lipinski definition) is 0. The zero-order valence-electron chi connectivity index (χ0n) is 22.3. The highest BCUT2D eigenvalue weighted by molar-refractivity contribution is 6.82. The van der Waals surface area contributed by atoms with Crippen molar-refractivity contribution < 1.29 is 89.2 Å². The molecule has 0 saturated heterocycles. The van der Waals surface area contributed by atoms with Crippen molar-refractivity contribution in [1.29, 1.82) is 0 Å². The largest absolute Gasteiger partial charge is 0.461 e. The van der Waals surface area contributed by atoms with Gasteiger partial charge in [-0.3, -0.25) is 4.90 Å². The highest BCUT2D eigenvalue weighted by atomic mass is 28.3. The third-order valence-electron chi connectivity index (χ3n) is 4.88. The molecule has 0 aliphatic carbocycles. The predicted molar refractivity (Wildman–Crippen MR) is 123 cm³/mol. The van der Waals surface area contributed by atoms with E-state index in [1.165, 1.54) is 9.84 Å². The zero-order valence-corrected chi connectivity index (χ0v) is 23.3. The summed E-state index contributed by atoms with van der Waals surface area (Å²) >= 11 is 0. The lowest BCUT2D eigenvalue weighted by atomic mass is 10.3. The van der Waals surface area contributed by atoms with E-state index in [-0.39, 0.29) is 0 Å². The molecule has 0 fully saturated rings. The van der Waals surface area contributed by atoms with Gasteiger partial charge in [-0.1, -0.05) is 37.3 Å². The van der Waals surface area contributed by atoms with Crippen molar-refractivity contribution in [2.24, 2.45) is 0 Å². The van der Waals surface area contributed by atoms with Crippen LogP contribution >= 0.6 is 0 Å². The lowest BCUT2D eigenvalue weighted by molar-refractivity contribution is -0.504. The minimum absolute atomic E-state index is 0.420. The Bertz CT molecular complexity index is 1000. The number of anilines is 1. The van der Waals surface area contributed by atoms with E-state index in [1.807, 2.05) is 11.8 Å². The van der Waals surface area contributed by atoms with Gasteiger partial charge in [0.05, 0.1) is 8.07 Å². The second-order valence-corrected chi connectivity index (χ2v) is 13.8. The maximum atomic E-state index is 13.0. The second-order valence-electron chi connectivity index (χ2n) is 8.96. The topological polar surface area (TPSA) is 38.8 Å². The quantitative estimate of drug-likeness (QED) is 0.0999. The smallest absolute Gasteiger partial charge is 0.306 e. The second kappa shape index (κ2) is 16.6. The van der Waals surface area contributed by atoms with Crippen LogP contribution in [0.15, 0.2) is 42.6 Å². The van der Waals surface area contributed by atoms with Crippen molar-refractivity contribution in [3.05, 3.63) is 42.6 Å². The molecule has 1 unspecified atom stereocenters. The third kappa shape index (κ3) is 14.4. The molecular formula is C22H24F17NO3Si. The van der Waals surface area contributed by atoms with Crippen LogP contribution in [0.5, 0.6) is 0 Å². The summed E-state index contributed by atoms with van der Waals surface area (Å²) in [6, 6.07) is 9.94. The number of carbonyl (C=O) groups is 1. The Kier molecular flexibility index (Phi) is 16.4. The Hall–Kier alpha value is -2.62. The van der Waals surface area contributed by atoms with Crippen molar-refractivity contribution >= 4 is 19.9 Å². The fourth-order valence-electron chi connectivity index (χ4n) is 2.32. The highest BCUT2D eigenvalue weighted by Crippen LogP contribution is 2.47. The van der Waals surface area contributed by atoms with Crippen LogP contribution in [0.2, 0.25) is 19.1 Å². The molecule has 1 aromatic rings. The maximum Gasteiger partial charge on any atom is 0.461 e. The average molecular weight is 701 g/mol. The van der Waals surface area contributed by atoms with Gasteiger partial charge >= 0.3 is 42.6 Å². The van der Waals surface area contributed by atoms with Gasteiger partial charge < -0.3 is 4.74 Å². The normalized spacial score (nSPS) is 14.3. The van der Waals surface area contributed by atoms with Gasteiger partial charge in [-0.05, 0) is 23.1 Å². The van der Waals surface area contributed by atoms with Crippen LogP contribution in [0, 0.1) is 0 Å². The Morgan fingerprint density at radius 2 is 1.36 bits per heavy atom. The average Bonchev–Trinajstić information content (AvgIpc) is 2.88. The molecule has 1 atom stereocenters. The summed E-state index contributed by atoms with van der Waals surface area (Å²) in [5.74, 6) is -11.5. The molecule has 22 heteroatoms. The van der Waals surface area contributed by atoms with Crippen LogP contribution in [0.3, 0.4) is 0 Å². The maximum absolute atomic E-state index is 13.0. The number of alkyl halides is 15. The first-order valence-corrected chi connectivity index (χ1v) is 14.6. The Labute approximate surface area is 239 Å². The molecule has 0 aliphatic rings. The molecule has 0 aliphatic heterocycles. The van der Waals surface area contributed by atoms with E-state index < -0.39 is 63.9 Å². The molecule has 0 aromatic heterocycles. The van der Waals surface area contributed by atoms with Gasteiger partial charge in [0.1, 0.15) is 6.61 Å². The van der Waals surface area contributed by atoms with Crippen LogP contribution in [0.25, 0.3) is 0 Å². The van der Waals surface area contributed by atoms with Gasteiger partial charge in [0.2, 0.25) is 0 Å². The van der Waals surface area contributed by atoms with Gasteiger partial charge in [0, 0.05) is 12.2 Å². The van der Waals surface area contributed by atoms with E-state index >= 15 is 0 Å². The van der Waals surface area contributed by atoms with Crippen molar-refractivity contribution in [1.82, 2.24) is 0 Å². The highest BCUT2D eigenvalue weighted by Gasteiger charge is 2.76. The number of ether oxygens (including phenoxy) is 1. The van der Waals surface area contributed by atoms with E-state index in [0.29, 0.717) is 12.2 Å². The summed E-state index contributed by atoms with van der Waals surface area (Å²) < 4.78 is 198. The third-order valence-corrected chi connectivity index (χ3v) is 7.63. The Morgan fingerprint density at radius 3 is 1.66 bits per heavy atom. The Morgan fingerprint density at radius 1 is 0.886 bits per heavy atom. The lowest BCUT2D eigenvalue weighted by Crippen LogP contribution is -2.58. The minimum Gasteiger partial charge on any atom is -0.306 e. The Balaban J connectivity index is 0. The molecule has 1 amide bonds. The summed E-state index contributed by atoms with van der Waals surface area (Å²) in [6.07, 6.45) is -24.7. The number of rotatable bonds is 11. The van der Waals surface area contributed by atoms with Crippen molar-refractivity contribution in [3.63, 3.8) is 0 Å². The fraction of sp³-hybridized carbons (Fsp3) is 0.591. The summed E-state index contributed by atoms with van der Waals surface area (Å²) in [6.45, 7) is 3.05. The summed E-state index contributed by atoms with van der Waals surface area (Å²) in [4.78, 5) is 13.6. The van der Waals surface area contributed by atoms with Gasteiger partial charge in [0.25, 0.3) is 0 Å². The van der Waals surface area contributed by atoms with Crippen LogP contribution in [-0.4, -0.2) is 70.5 Å². The van der Waals surface area contributed by atoms with Gasteiger partial charge in [-0.2, -0.15) is 61.5 Å². The van der Waals surface area contributed by atoms with E-state index in [9.17, 15) is 79.6 Å². The molecule has 0 bridgehead atoms. The molecule has 0 spiro atoms. The number of carbonyl (C=O) groups excluding carboxylic acids is 1. The molecule has 0 radical (unpaired) electrons. The molecule has 4 nitrogen and oxygen atoms in total. The van der Waals surface area contributed by atoms with Gasteiger partial charge in [-0.15, -0.1) is 21.6 Å². The first-order valence-electron chi connectivity index (χ1n) is 11.3. The standard InChI is InChI=1S/C14H20FNOSi.C5H2F10O2.C3H2F6/c1-4-18(2,3)12-8-11-16(14(15)17)13-9-6-5-7-10-13;6-2(7,8)1-16-5(13,14)3(9,17-15)4(10,11)12;4-1-2(5,6)3(7,8)9/h4-7,9-10H,1,8,11-12H2,2-3H3;1H2;1H2. The fourth-order valence-corrected chi connectivity index (χ4v) is 3.59. The van der Waals surface area contributed by atoms with Crippen LogP contribution in [0.1, 0.15) is 6.42 Å². The van der Waals surface area contributed by atoms with E-state index in [2.05, 4.69) is 24.4 Å². The molecule has 0 heterocycles. The number of benzene rings is 1. The van der Waals surface area contributed by atoms with E-state index in [4.69, 9.17) is 0 Å². The van der Waals surface area contributed by atoms with Crippen LogP contribution < -0.4 is 4.90 Å². The SMILES string of the molecule is C=C[Si](C)(C)CCCN(C(=O)F)c1ccccc1.FCC(F)(F)C(F)(F)F.FOC(F)(C(F)(F)F)C(F)(F)OCC(F)(F)F. The monoisotopic (exact) mass is 701 g/mol. The summed E-state index contributed by atoms with van der Waals surface area (Å²) in [7, 11) is -1.38. The molecule has 1 rings (SSSR count). The van der Waals surface area contributed by atoms with Crippen molar-refractivity contribution in [3.8, 4) is 0 Å². The summed E-state index contributed by atoms with van der Waals surface area (Å²) in [5.41, 5.74) is 2.64. The van der Waals surface area contributed by atoms with Crippen LogP contribution in [-0.2, 0) is 9.68 Å². The molecular weight excluding hydrogens is 677 g/mol. The number of nitrogens with zero attached hydrogens (tertiary/aromatic N) is 1. The predicted octanol–water partition coefficient (Wildman–Crippen LogP) is 9.85. The molecule has 0 N–H and O–H groups in total. The number of hydrogen-bond acceptors (Lipinski definition) is 3. The number of halogens is 17. The lowest BCUT2D eigenvalue weighted by Gasteiger charge is -2.30. The van der Waals surface area contributed by atoms with Gasteiger partial charge in [0.15, 0.2) is 6.67 Å². The number of amides is 1. The molecule has 258 valence electrons.